The normalized spacial score (nSPS) is 19.3. The first-order valence-electron chi connectivity index (χ1n) is 7.16. The first-order valence-corrected chi connectivity index (χ1v) is 7.16. The summed E-state index contributed by atoms with van der Waals surface area (Å²) in [4.78, 5) is 13.2. The van der Waals surface area contributed by atoms with Crippen LogP contribution in [0.5, 0.6) is 11.5 Å². The Morgan fingerprint density at radius 1 is 1.33 bits per heavy atom. The lowest BCUT2D eigenvalue weighted by Crippen LogP contribution is -2.33. The van der Waals surface area contributed by atoms with Crippen LogP contribution in [0.3, 0.4) is 0 Å². The maximum absolute atomic E-state index is 11.3. The van der Waals surface area contributed by atoms with Crippen molar-refractivity contribution in [3.05, 3.63) is 27.8 Å². The van der Waals surface area contributed by atoms with E-state index in [1.807, 2.05) is 0 Å². The quantitative estimate of drug-likeness (QED) is 0.617. The number of nitrogens with zero attached hydrogens (tertiary/aromatic N) is 2. The number of methoxy groups -OCH3 is 2. The van der Waals surface area contributed by atoms with Crippen molar-refractivity contribution in [2.75, 3.05) is 27.3 Å². The number of ether oxygens (including phenoxy) is 2. The number of benzene rings is 1. The lowest BCUT2D eigenvalue weighted by atomic mass is 9.99. The monoisotopic (exact) mass is 294 g/mol. The fraction of sp³-hybridized carbons (Fsp3) is 0.600. The van der Waals surface area contributed by atoms with Gasteiger partial charge in [0.2, 0.25) is 0 Å². The molecule has 0 aliphatic carbocycles. The van der Waals surface area contributed by atoms with Gasteiger partial charge in [0.1, 0.15) is 0 Å². The fourth-order valence-electron chi connectivity index (χ4n) is 2.88. The zero-order valence-electron chi connectivity index (χ0n) is 12.8. The van der Waals surface area contributed by atoms with Gasteiger partial charge in [0, 0.05) is 18.7 Å². The molecule has 6 heteroatoms. The Hall–Kier alpha value is -1.82. The van der Waals surface area contributed by atoms with Crippen LogP contribution in [-0.2, 0) is 6.54 Å². The number of nitro groups is 1. The molecule has 0 saturated carbocycles. The largest absolute Gasteiger partial charge is 0.493 e. The average Bonchev–Trinajstić information content (AvgIpc) is 2.46. The third kappa shape index (κ3) is 3.64. The fourth-order valence-corrected chi connectivity index (χ4v) is 2.88. The Kier molecular flexibility index (Phi) is 5.01. The minimum atomic E-state index is -0.356. The molecule has 0 spiro atoms. The summed E-state index contributed by atoms with van der Waals surface area (Å²) in [5, 5.41) is 11.3. The number of hydrogen-bond donors (Lipinski definition) is 0. The van der Waals surface area contributed by atoms with Crippen molar-refractivity contribution in [2.45, 2.75) is 26.3 Å². The summed E-state index contributed by atoms with van der Waals surface area (Å²) in [6, 6.07) is 3.16. The lowest BCUT2D eigenvalue weighted by molar-refractivity contribution is -0.385. The second kappa shape index (κ2) is 6.76. The summed E-state index contributed by atoms with van der Waals surface area (Å²) in [5.41, 5.74) is 0.762. The van der Waals surface area contributed by atoms with Gasteiger partial charge in [-0.25, -0.2) is 0 Å². The number of rotatable bonds is 5. The van der Waals surface area contributed by atoms with E-state index in [-0.39, 0.29) is 10.6 Å². The first kappa shape index (κ1) is 15.6. The SMILES string of the molecule is COc1cc(CN2CCC[C@H](C)C2)c([N+](=O)[O-])cc1OC. The maximum atomic E-state index is 11.3. The number of piperidine rings is 1. The van der Waals surface area contributed by atoms with Crippen LogP contribution in [0.2, 0.25) is 0 Å². The highest BCUT2D eigenvalue weighted by Gasteiger charge is 2.23. The molecule has 116 valence electrons. The molecule has 1 saturated heterocycles. The van der Waals surface area contributed by atoms with E-state index in [1.54, 1.807) is 6.07 Å². The van der Waals surface area contributed by atoms with Crippen LogP contribution in [0.25, 0.3) is 0 Å². The van der Waals surface area contributed by atoms with Gasteiger partial charge in [0.05, 0.1) is 25.2 Å². The molecule has 0 bridgehead atoms. The molecule has 1 aromatic rings. The minimum absolute atomic E-state index is 0.0888. The van der Waals surface area contributed by atoms with Gasteiger partial charge < -0.3 is 9.47 Å². The minimum Gasteiger partial charge on any atom is -0.493 e. The standard InChI is InChI=1S/C15H22N2O4/c1-11-5-4-6-16(9-11)10-12-7-14(20-2)15(21-3)8-13(12)17(18)19/h7-8,11H,4-6,9-10H2,1-3H3/t11-/m0/s1. The Bertz CT molecular complexity index is 519. The third-order valence-corrected chi connectivity index (χ3v) is 3.92. The van der Waals surface area contributed by atoms with E-state index in [1.165, 1.54) is 26.7 Å². The summed E-state index contributed by atoms with van der Waals surface area (Å²) < 4.78 is 10.4. The third-order valence-electron chi connectivity index (χ3n) is 3.92. The first-order chi connectivity index (χ1) is 10.0. The van der Waals surface area contributed by atoms with E-state index >= 15 is 0 Å². The van der Waals surface area contributed by atoms with Crippen LogP contribution in [0.1, 0.15) is 25.3 Å². The van der Waals surface area contributed by atoms with E-state index in [2.05, 4.69) is 11.8 Å². The topological polar surface area (TPSA) is 64.8 Å². The number of hydrogen-bond acceptors (Lipinski definition) is 5. The van der Waals surface area contributed by atoms with E-state index in [0.717, 1.165) is 19.5 Å². The van der Waals surface area contributed by atoms with Crippen molar-refractivity contribution in [2.24, 2.45) is 5.92 Å². The Balaban J connectivity index is 2.29. The van der Waals surface area contributed by atoms with Crippen molar-refractivity contribution in [1.29, 1.82) is 0 Å². The van der Waals surface area contributed by atoms with Gasteiger partial charge >= 0.3 is 0 Å². The zero-order valence-corrected chi connectivity index (χ0v) is 12.8. The van der Waals surface area contributed by atoms with Crippen molar-refractivity contribution in [3.8, 4) is 11.5 Å². The molecule has 1 fully saturated rings. The van der Waals surface area contributed by atoms with Crippen LogP contribution in [-0.4, -0.2) is 37.1 Å². The van der Waals surface area contributed by atoms with Gasteiger partial charge in [-0.3, -0.25) is 15.0 Å². The highest BCUT2D eigenvalue weighted by Crippen LogP contribution is 2.35. The van der Waals surface area contributed by atoms with Gasteiger partial charge in [-0.05, 0) is 31.4 Å². The van der Waals surface area contributed by atoms with Gasteiger partial charge in [-0.1, -0.05) is 6.92 Å². The molecule has 0 aromatic heterocycles. The Labute approximate surface area is 124 Å². The summed E-state index contributed by atoms with van der Waals surface area (Å²) >= 11 is 0. The van der Waals surface area contributed by atoms with E-state index in [0.29, 0.717) is 29.5 Å². The number of likely N-dealkylation sites (tertiary alicyclic amines) is 1. The molecule has 0 N–H and O–H groups in total. The predicted molar refractivity (Wildman–Crippen MR) is 79.9 cm³/mol. The molecular formula is C15H22N2O4. The highest BCUT2D eigenvalue weighted by atomic mass is 16.6. The Morgan fingerprint density at radius 2 is 2.00 bits per heavy atom. The summed E-state index contributed by atoms with van der Waals surface area (Å²) in [7, 11) is 3.02. The van der Waals surface area contributed by atoms with Crippen molar-refractivity contribution in [1.82, 2.24) is 4.90 Å². The average molecular weight is 294 g/mol. The second-order valence-electron chi connectivity index (χ2n) is 5.58. The van der Waals surface area contributed by atoms with Crippen LogP contribution in [0, 0.1) is 16.0 Å². The maximum Gasteiger partial charge on any atom is 0.277 e. The van der Waals surface area contributed by atoms with Gasteiger partial charge in [-0.15, -0.1) is 0 Å². The molecule has 1 aliphatic rings. The molecule has 1 atom stereocenters. The van der Waals surface area contributed by atoms with Gasteiger partial charge in [0.25, 0.3) is 5.69 Å². The highest BCUT2D eigenvalue weighted by molar-refractivity contribution is 5.54. The van der Waals surface area contributed by atoms with Crippen LogP contribution in [0.4, 0.5) is 5.69 Å². The molecule has 2 rings (SSSR count). The number of nitro benzene ring substituents is 1. The molecule has 0 radical (unpaired) electrons. The molecule has 6 nitrogen and oxygen atoms in total. The molecule has 0 unspecified atom stereocenters. The van der Waals surface area contributed by atoms with Crippen LogP contribution >= 0.6 is 0 Å². The van der Waals surface area contributed by atoms with Crippen LogP contribution < -0.4 is 9.47 Å². The zero-order chi connectivity index (χ0) is 15.4. The lowest BCUT2D eigenvalue weighted by Gasteiger charge is -2.30. The van der Waals surface area contributed by atoms with Gasteiger partial charge in [-0.2, -0.15) is 0 Å². The Morgan fingerprint density at radius 3 is 2.57 bits per heavy atom. The van der Waals surface area contributed by atoms with E-state index in [9.17, 15) is 10.1 Å². The second-order valence-corrected chi connectivity index (χ2v) is 5.58. The smallest absolute Gasteiger partial charge is 0.277 e. The van der Waals surface area contributed by atoms with E-state index in [4.69, 9.17) is 9.47 Å². The molecule has 1 aliphatic heterocycles. The molecule has 1 heterocycles. The van der Waals surface area contributed by atoms with Crippen molar-refractivity contribution in [3.63, 3.8) is 0 Å². The summed E-state index contributed by atoms with van der Waals surface area (Å²) in [6.07, 6.45) is 2.37. The van der Waals surface area contributed by atoms with Crippen molar-refractivity contribution >= 4 is 5.69 Å². The molecular weight excluding hydrogens is 272 g/mol. The van der Waals surface area contributed by atoms with Crippen LogP contribution in [0.15, 0.2) is 12.1 Å². The summed E-state index contributed by atoms with van der Waals surface area (Å²) in [5.74, 6) is 1.56. The molecule has 1 aromatic carbocycles. The van der Waals surface area contributed by atoms with Crippen molar-refractivity contribution < 1.29 is 14.4 Å². The van der Waals surface area contributed by atoms with E-state index < -0.39 is 0 Å². The van der Waals surface area contributed by atoms with Gasteiger partial charge in [0.15, 0.2) is 11.5 Å². The predicted octanol–water partition coefficient (Wildman–Crippen LogP) is 2.84. The molecule has 0 amide bonds. The molecule has 21 heavy (non-hydrogen) atoms. The summed E-state index contributed by atoms with van der Waals surface area (Å²) in [6.45, 7) is 4.75.